The summed E-state index contributed by atoms with van der Waals surface area (Å²) in [7, 11) is 1.16. The highest BCUT2D eigenvalue weighted by Crippen LogP contribution is 2.38. The Bertz CT molecular complexity index is 1280. The molecule has 3 atom stereocenters. The molecule has 0 saturated heterocycles. The van der Waals surface area contributed by atoms with Gasteiger partial charge in [-0.2, -0.15) is 0 Å². The fraction of sp³-hybridized carbons (Fsp3) is 0.821. The van der Waals surface area contributed by atoms with E-state index < -0.39 is 26.6 Å². The van der Waals surface area contributed by atoms with Gasteiger partial charge in [-0.3, -0.25) is 14.2 Å². The monoisotopic (exact) mass is 949 g/mol. The number of unbranched alkanes of at least 4 members (excludes halogenated alkanes) is 28. The number of carbonyl (C=O) groups is 2. The molecule has 0 aromatic rings. The van der Waals surface area contributed by atoms with Crippen molar-refractivity contribution in [3.8, 4) is 0 Å². The van der Waals surface area contributed by atoms with Crippen molar-refractivity contribution >= 4 is 19.7 Å². The number of hydrogen-bond acceptors (Lipinski definition) is 7. The Labute approximate surface area is 408 Å². The zero-order chi connectivity index (χ0) is 48.7. The van der Waals surface area contributed by atoms with Crippen molar-refractivity contribution < 1.29 is 37.3 Å². The Hall–Kier alpha value is -2.03. The summed E-state index contributed by atoms with van der Waals surface area (Å²) in [5.74, 6) is -0.590. The fourth-order valence-corrected chi connectivity index (χ4v) is 8.41. The van der Waals surface area contributed by atoms with E-state index in [0.717, 1.165) is 70.6 Å². The average Bonchev–Trinajstić information content (AvgIpc) is 3.27. The molecule has 1 N–H and O–H groups in total. The number of nitrogens with one attached hydrogen (secondary N) is 1. The zero-order valence-electron chi connectivity index (χ0n) is 43.9. The Balaban J connectivity index is 5.43. The lowest BCUT2D eigenvalue weighted by Gasteiger charge is -2.30. The largest absolute Gasteiger partial charge is 0.756 e. The minimum absolute atomic E-state index is 0.0298. The Morgan fingerprint density at radius 1 is 0.530 bits per heavy atom. The fourth-order valence-electron chi connectivity index (χ4n) is 7.68. The number of likely N-dealkylation sites (N-methyl/N-ethyl adjacent to an activating group) is 1. The van der Waals surface area contributed by atoms with Crippen LogP contribution in [0.3, 0.4) is 0 Å². The van der Waals surface area contributed by atoms with Crippen LogP contribution in [0.1, 0.15) is 245 Å². The van der Waals surface area contributed by atoms with Gasteiger partial charge in [0.25, 0.3) is 7.82 Å². The molecule has 386 valence electrons. The molecule has 0 radical (unpaired) electrons. The summed E-state index contributed by atoms with van der Waals surface area (Å²) in [4.78, 5) is 39.7. The molecule has 0 saturated carbocycles. The van der Waals surface area contributed by atoms with Gasteiger partial charge in [-0.15, -0.1) is 0 Å². The molecule has 0 aliphatic heterocycles. The first-order valence-corrected chi connectivity index (χ1v) is 28.9. The van der Waals surface area contributed by atoms with E-state index in [9.17, 15) is 19.0 Å². The molecule has 1 amide bonds. The predicted molar refractivity (Wildman–Crippen MR) is 279 cm³/mol. The molecular formula is C56H105N2O7P. The lowest BCUT2D eigenvalue weighted by molar-refractivity contribution is -0.870. The summed E-state index contributed by atoms with van der Waals surface area (Å²) in [5.41, 5.74) is 0. The maximum atomic E-state index is 13.4. The molecule has 0 heterocycles. The van der Waals surface area contributed by atoms with Crippen LogP contribution in [0, 0.1) is 0 Å². The van der Waals surface area contributed by atoms with E-state index in [1.165, 1.54) is 128 Å². The van der Waals surface area contributed by atoms with E-state index in [-0.39, 0.29) is 31.3 Å². The van der Waals surface area contributed by atoms with Crippen LogP contribution in [-0.2, 0) is 27.9 Å². The second-order valence-electron chi connectivity index (χ2n) is 19.8. The summed E-state index contributed by atoms with van der Waals surface area (Å²) in [5, 5.41) is 2.99. The molecule has 0 spiro atoms. The molecule has 0 rings (SSSR count). The van der Waals surface area contributed by atoms with Crippen LogP contribution < -0.4 is 10.2 Å². The molecule has 10 heteroatoms. The molecule has 66 heavy (non-hydrogen) atoms. The Kier molecular flexibility index (Phi) is 45.3. The van der Waals surface area contributed by atoms with Crippen LogP contribution in [-0.4, -0.2) is 69.4 Å². The van der Waals surface area contributed by atoms with E-state index in [2.05, 4.69) is 62.5 Å². The molecule has 0 bridgehead atoms. The first-order valence-electron chi connectivity index (χ1n) is 27.5. The van der Waals surface area contributed by atoms with E-state index in [1.807, 2.05) is 33.3 Å². The molecule has 3 unspecified atom stereocenters. The van der Waals surface area contributed by atoms with Crippen molar-refractivity contribution in [2.75, 3.05) is 40.9 Å². The Morgan fingerprint density at radius 2 is 0.924 bits per heavy atom. The summed E-state index contributed by atoms with van der Waals surface area (Å²) in [6.45, 7) is 6.78. The molecule has 0 aliphatic carbocycles. The number of rotatable bonds is 49. The number of phosphoric ester groups is 1. The maximum absolute atomic E-state index is 13.4. The second-order valence-corrected chi connectivity index (χ2v) is 21.2. The van der Waals surface area contributed by atoms with Crippen LogP contribution in [0.5, 0.6) is 0 Å². The number of allylic oxidation sites excluding steroid dienone is 7. The predicted octanol–water partition coefficient (Wildman–Crippen LogP) is 15.5. The highest BCUT2D eigenvalue weighted by Gasteiger charge is 2.27. The molecule has 0 aliphatic rings. The molecule has 0 fully saturated rings. The smallest absolute Gasteiger partial charge is 0.306 e. The number of ether oxygens (including phenoxy) is 1. The number of amides is 1. The normalized spacial score (nSPS) is 14.2. The van der Waals surface area contributed by atoms with E-state index >= 15 is 0 Å². The number of esters is 1. The van der Waals surface area contributed by atoms with Crippen LogP contribution in [0.15, 0.2) is 48.6 Å². The van der Waals surface area contributed by atoms with Crippen molar-refractivity contribution in [2.24, 2.45) is 0 Å². The van der Waals surface area contributed by atoms with Gasteiger partial charge in [0.2, 0.25) is 5.91 Å². The van der Waals surface area contributed by atoms with E-state index in [0.29, 0.717) is 23.9 Å². The van der Waals surface area contributed by atoms with Crippen molar-refractivity contribution in [1.82, 2.24) is 5.32 Å². The summed E-state index contributed by atoms with van der Waals surface area (Å²) >= 11 is 0. The second kappa shape index (κ2) is 46.7. The van der Waals surface area contributed by atoms with Crippen molar-refractivity contribution in [3.63, 3.8) is 0 Å². The lowest BCUT2D eigenvalue weighted by Crippen LogP contribution is -2.47. The maximum Gasteiger partial charge on any atom is 0.306 e. The summed E-state index contributed by atoms with van der Waals surface area (Å²) in [6, 6.07) is -0.905. The number of phosphoric acid groups is 1. The van der Waals surface area contributed by atoms with Gasteiger partial charge in [-0.05, 0) is 83.1 Å². The van der Waals surface area contributed by atoms with Gasteiger partial charge in [-0.1, -0.05) is 198 Å². The summed E-state index contributed by atoms with van der Waals surface area (Å²) < 4.78 is 30.1. The third-order valence-corrected chi connectivity index (χ3v) is 13.0. The van der Waals surface area contributed by atoms with Gasteiger partial charge in [0.05, 0.1) is 33.8 Å². The molecule has 0 aromatic heterocycles. The topological polar surface area (TPSA) is 114 Å². The van der Waals surface area contributed by atoms with Gasteiger partial charge in [0.1, 0.15) is 19.3 Å². The highest BCUT2D eigenvalue weighted by molar-refractivity contribution is 7.45. The standard InChI is InChI=1S/C56H105N2O7P/c1-7-10-13-16-19-22-25-27-28-29-31-33-36-39-42-45-48-55(59)57-53(52-64-66(61,62)63-51-50-58(4,5)6)54(47-44-41-38-35-32-24-21-18-15-12-9-3)65-56(60)49-46-43-40-37-34-30-26-23-20-17-14-11-8-2/h28-31,33-34,44,47,53-54H,7-27,32,35-43,45-46,48-52H2,1-6H3,(H-,57,59,61,62)/b29-28+,33-31+,34-30-,47-44+. The SMILES string of the molecule is CCCCCCCC/C=C\CCCCCC(=O)OC(/C=C/CCCCCCCCCCC)C(COP(=O)([O-])OCC[N+](C)(C)C)NC(=O)CCCCC/C=C/C=C/CCCCCCCCC. The summed E-state index contributed by atoms with van der Waals surface area (Å²) in [6.07, 6.45) is 55.1. The first kappa shape index (κ1) is 64.0. The number of quaternary nitrogens is 1. The van der Waals surface area contributed by atoms with Crippen LogP contribution in [0.25, 0.3) is 0 Å². The number of nitrogens with zero attached hydrogens (tertiary/aromatic N) is 1. The van der Waals surface area contributed by atoms with Gasteiger partial charge in [-0.25, -0.2) is 0 Å². The first-order chi connectivity index (χ1) is 31.9. The minimum Gasteiger partial charge on any atom is -0.756 e. The molecular weight excluding hydrogens is 844 g/mol. The third-order valence-electron chi connectivity index (χ3n) is 12.0. The Morgan fingerprint density at radius 3 is 1.38 bits per heavy atom. The highest BCUT2D eigenvalue weighted by atomic mass is 31.2. The van der Waals surface area contributed by atoms with Crippen LogP contribution in [0.2, 0.25) is 0 Å². The van der Waals surface area contributed by atoms with Gasteiger partial charge in [0.15, 0.2) is 0 Å². The number of hydrogen-bond donors (Lipinski definition) is 1. The zero-order valence-corrected chi connectivity index (χ0v) is 44.8. The van der Waals surface area contributed by atoms with Crippen molar-refractivity contribution in [2.45, 2.75) is 258 Å². The third kappa shape index (κ3) is 47.1. The van der Waals surface area contributed by atoms with Crippen LogP contribution >= 0.6 is 7.82 Å². The van der Waals surface area contributed by atoms with E-state index in [1.54, 1.807) is 0 Å². The van der Waals surface area contributed by atoms with Crippen molar-refractivity contribution in [1.29, 1.82) is 0 Å². The van der Waals surface area contributed by atoms with Gasteiger partial charge in [0, 0.05) is 12.8 Å². The van der Waals surface area contributed by atoms with Gasteiger partial charge < -0.3 is 28.5 Å². The van der Waals surface area contributed by atoms with Crippen LogP contribution in [0.4, 0.5) is 0 Å². The average molecular weight is 949 g/mol. The quantitative estimate of drug-likeness (QED) is 0.0161. The van der Waals surface area contributed by atoms with Crippen molar-refractivity contribution in [3.05, 3.63) is 48.6 Å². The number of carbonyl (C=O) groups excluding carboxylic acids is 2. The minimum atomic E-state index is -4.70. The molecule has 0 aromatic carbocycles. The molecule has 9 nitrogen and oxygen atoms in total. The van der Waals surface area contributed by atoms with Gasteiger partial charge >= 0.3 is 5.97 Å². The van der Waals surface area contributed by atoms with E-state index in [4.69, 9.17) is 13.8 Å². The lowest BCUT2D eigenvalue weighted by atomic mass is 10.1.